The summed E-state index contributed by atoms with van der Waals surface area (Å²) in [7, 11) is 13.9. The third kappa shape index (κ3) is 24.9. The monoisotopic (exact) mass is 653 g/mol. The first-order chi connectivity index (χ1) is 22.0. The van der Waals surface area contributed by atoms with Gasteiger partial charge in [0.1, 0.15) is 0 Å². The van der Waals surface area contributed by atoms with Crippen molar-refractivity contribution >= 4 is 0 Å². The number of quaternary nitrogens is 2. The highest BCUT2D eigenvalue weighted by atomic mass is 16.8. The van der Waals surface area contributed by atoms with Crippen molar-refractivity contribution in [2.45, 2.75) is 218 Å². The van der Waals surface area contributed by atoms with Gasteiger partial charge in [0.25, 0.3) is 0 Å². The molecule has 0 N–H and O–H groups in total. The van der Waals surface area contributed by atoms with Crippen molar-refractivity contribution in [1.29, 1.82) is 0 Å². The maximum absolute atomic E-state index is 7.15. The van der Waals surface area contributed by atoms with Gasteiger partial charge in [-0.2, -0.15) is 0 Å². The van der Waals surface area contributed by atoms with Gasteiger partial charge in [0.15, 0.2) is 5.79 Å². The predicted octanol–water partition coefficient (Wildman–Crippen LogP) is 12.2. The topological polar surface area (TPSA) is 18.5 Å². The van der Waals surface area contributed by atoms with Crippen LogP contribution >= 0.6 is 0 Å². The van der Waals surface area contributed by atoms with Crippen LogP contribution in [0.15, 0.2) is 0 Å². The van der Waals surface area contributed by atoms with Crippen molar-refractivity contribution in [2.24, 2.45) is 0 Å². The summed E-state index contributed by atoms with van der Waals surface area (Å²) in [6, 6.07) is 0. The second-order valence-electron chi connectivity index (χ2n) is 17.5. The molecule has 0 aromatic heterocycles. The summed E-state index contributed by atoms with van der Waals surface area (Å²) in [5, 5.41) is 0. The third-order valence-electron chi connectivity index (χ3n) is 10.4. The Labute approximate surface area is 291 Å². The highest BCUT2D eigenvalue weighted by Gasteiger charge is 2.45. The van der Waals surface area contributed by atoms with Crippen LogP contribution in [0.4, 0.5) is 0 Å². The summed E-state index contributed by atoms with van der Waals surface area (Å²) in [4.78, 5) is 0. The molecular weight excluding hydrogens is 564 g/mol. The van der Waals surface area contributed by atoms with E-state index in [0.717, 1.165) is 21.8 Å². The Morgan fingerprint density at radius 3 is 0.978 bits per heavy atom. The van der Waals surface area contributed by atoms with Crippen LogP contribution in [0.5, 0.6) is 0 Å². The summed E-state index contributed by atoms with van der Waals surface area (Å²) in [5.41, 5.74) is 0. The molecule has 0 aromatic rings. The maximum Gasteiger partial charge on any atom is 0.169 e. The Kier molecular flexibility index (Phi) is 25.4. The van der Waals surface area contributed by atoms with Crippen LogP contribution in [-0.2, 0) is 9.47 Å². The lowest BCUT2D eigenvalue weighted by atomic mass is 9.99. The van der Waals surface area contributed by atoms with Crippen LogP contribution in [0.25, 0.3) is 0 Å². The highest BCUT2D eigenvalue weighted by molar-refractivity contribution is 4.87. The molecule has 1 saturated heterocycles. The second-order valence-corrected chi connectivity index (χ2v) is 17.5. The van der Waals surface area contributed by atoms with E-state index in [2.05, 4.69) is 56.1 Å². The van der Waals surface area contributed by atoms with Gasteiger partial charge < -0.3 is 18.4 Å². The average Bonchev–Trinajstić information content (AvgIpc) is 3.33. The summed E-state index contributed by atoms with van der Waals surface area (Å²) in [6.07, 6.45) is 39.2. The van der Waals surface area contributed by atoms with E-state index >= 15 is 0 Å². The molecule has 0 saturated carbocycles. The lowest BCUT2D eigenvalue weighted by Crippen LogP contribution is -2.35. The molecule has 3 atom stereocenters. The molecule has 276 valence electrons. The minimum Gasteiger partial charge on any atom is -0.344 e. The van der Waals surface area contributed by atoms with Gasteiger partial charge >= 0.3 is 0 Å². The molecule has 0 unspecified atom stereocenters. The largest absolute Gasteiger partial charge is 0.344 e. The highest BCUT2D eigenvalue weighted by Crippen LogP contribution is 2.41. The smallest absolute Gasteiger partial charge is 0.169 e. The Bertz CT molecular complexity index is 670. The van der Waals surface area contributed by atoms with Crippen LogP contribution < -0.4 is 0 Å². The van der Waals surface area contributed by atoms with Crippen molar-refractivity contribution < 1.29 is 18.4 Å². The van der Waals surface area contributed by atoms with E-state index in [0.29, 0.717) is 12.2 Å². The van der Waals surface area contributed by atoms with Crippen molar-refractivity contribution in [3.8, 4) is 0 Å². The first kappa shape index (κ1) is 43.9. The van der Waals surface area contributed by atoms with Crippen molar-refractivity contribution in [2.75, 3.05) is 55.4 Å². The SMILES string of the molecule is CCCCCCCCCC[C@@]1(CCCCCCC[N+](C)(C)C)O[C@@H](CCCCCCCC)[C@H](CCCCCCCC[N+](C)(C)C)O1. The van der Waals surface area contributed by atoms with Crippen LogP contribution in [0.2, 0.25) is 0 Å². The van der Waals surface area contributed by atoms with Crippen LogP contribution in [0.1, 0.15) is 200 Å². The molecule has 4 nitrogen and oxygen atoms in total. The number of unbranched alkanes of at least 4 members (excludes halogenated alkanes) is 21. The van der Waals surface area contributed by atoms with Crippen LogP contribution in [-0.4, -0.2) is 82.3 Å². The molecule has 1 fully saturated rings. The molecule has 0 aliphatic carbocycles. The molecular formula is C42H88N2O2+2. The van der Waals surface area contributed by atoms with Gasteiger partial charge in [-0.05, 0) is 51.4 Å². The van der Waals surface area contributed by atoms with Gasteiger partial charge in [0.2, 0.25) is 0 Å². The first-order valence-corrected chi connectivity index (χ1v) is 21.0. The van der Waals surface area contributed by atoms with Gasteiger partial charge in [0, 0.05) is 12.8 Å². The third-order valence-corrected chi connectivity index (χ3v) is 10.4. The fourth-order valence-electron chi connectivity index (χ4n) is 7.39. The van der Waals surface area contributed by atoms with Crippen molar-refractivity contribution in [3.63, 3.8) is 0 Å². The number of nitrogens with zero attached hydrogens (tertiary/aromatic N) is 2. The molecule has 0 amide bonds. The zero-order valence-electron chi connectivity index (χ0n) is 33.3. The van der Waals surface area contributed by atoms with Crippen molar-refractivity contribution in [1.82, 2.24) is 0 Å². The maximum atomic E-state index is 7.15. The minimum atomic E-state index is -0.312. The fraction of sp³-hybridized carbons (Fsp3) is 1.00. The molecule has 1 heterocycles. The fourth-order valence-corrected chi connectivity index (χ4v) is 7.39. The van der Waals surface area contributed by atoms with E-state index in [4.69, 9.17) is 9.47 Å². The summed E-state index contributed by atoms with van der Waals surface area (Å²) >= 11 is 0. The standard InChI is InChI=1S/C42H88N2O2/c1-9-11-13-15-17-19-24-30-36-42(37-31-25-21-27-33-39-44(6,7)8)45-40(34-28-22-16-14-12-10-2)41(46-42)35-29-23-18-20-26-32-38-43(3,4)5/h40-41H,9-39H2,1-8H3/q+2/t40-,41-,42+/m0/s1. The molecule has 0 bridgehead atoms. The van der Waals surface area contributed by atoms with Gasteiger partial charge in [-0.3, -0.25) is 0 Å². The van der Waals surface area contributed by atoms with Gasteiger partial charge in [0.05, 0.1) is 67.6 Å². The van der Waals surface area contributed by atoms with Crippen molar-refractivity contribution in [3.05, 3.63) is 0 Å². The summed E-state index contributed by atoms with van der Waals surface area (Å²) in [5.74, 6) is -0.312. The molecule has 0 radical (unpaired) electrons. The average molecular weight is 653 g/mol. The molecule has 1 rings (SSSR count). The van der Waals surface area contributed by atoms with Crippen LogP contribution in [0, 0.1) is 0 Å². The van der Waals surface area contributed by atoms with Gasteiger partial charge in [-0.25, -0.2) is 0 Å². The number of ether oxygens (including phenoxy) is 2. The summed E-state index contributed by atoms with van der Waals surface area (Å²) < 4.78 is 16.5. The molecule has 4 heteroatoms. The second kappa shape index (κ2) is 26.7. The Morgan fingerprint density at radius 2 is 0.652 bits per heavy atom. The minimum absolute atomic E-state index is 0.312. The molecule has 46 heavy (non-hydrogen) atoms. The van der Waals surface area contributed by atoms with Crippen LogP contribution in [0.3, 0.4) is 0 Å². The molecule has 1 aliphatic heterocycles. The Morgan fingerprint density at radius 1 is 0.370 bits per heavy atom. The zero-order valence-corrected chi connectivity index (χ0v) is 33.3. The van der Waals surface area contributed by atoms with Gasteiger partial charge in [-0.15, -0.1) is 0 Å². The van der Waals surface area contributed by atoms with E-state index < -0.39 is 0 Å². The predicted molar refractivity (Wildman–Crippen MR) is 204 cm³/mol. The van der Waals surface area contributed by atoms with E-state index in [1.807, 2.05) is 0 Å². The van der Waals surface area contributed by atoms with Gasteiger partial charge in [-0.1, -0.05) is 136 Å². The summed E-state index contributed by atoms with van der Waals surface area (Å²) in [6.45, 7) is 7.21. The number of hydrogen-bond donors (Lipinski definition) is 0. The quantitative estimate of drug-likeness (QED) is 0.0519. The molecule has 0 spiro atoms. The van der Waals surface area contributed by atoms with E-state index in [9.17, 15) is 0 Å². The molecule has 1 aliphatic rings. The first-order valence-electron chi connectivity index (χ1n) is 21.0. The zero-order chi connectivity index (χ0) is 34.0. The lowest BCUT2D eigenvalue weighted by Gasteiger charge is -2.29. The number of rotatable bonds is 33. The number of hydrogen-bond acceptors (Lipinski definition) is 2. The van der Waals surface area contributed by atoms with E-state index in [1.54, 1.807) is 0 Å². The Balaban J connectivity index is 2.68. The normalized spacial score (nSPS) is 20.6. The Hall–Kier alpha value is -0.160. The van der Waals surface area contributed by atoms with E-state index in [-0.39, 0.29) is 5.79 Å². The lowest BCUT2D eigenvalue weighted by molar-refractivity contribution is -0.870. The van der Waals surface area contributed by atoms with E-state index in [1.165, 1.54) is 186 Å². The molecule has 0 aromatic carbocycles.